The molecule has 0 aliphatic carbocycles. The van der Waals surface area contributed by atoms with Crippen molar-refractivity contribution in [1.29, 1.82) is 16.2 Å². The highest BCUT2D eigenvalue weighted by Crippen LogP contribution is 2.23. The maximum atomic E-state index is 15.1. The molecule has 0 aliphatic rings. The SMILES string of the molecule is N=C(N)NCCC[C@H](NC(=O)[C@H](CCCNC(=N)N)NC(=O)[C@@H](N)CCCNC(=N)N)C(=O)N[C@@H](Cc1ccc(-c2ccccc2)cc1)C(=O)N[C@@H](Cc1ccc(-c2ccccc2)cc1)C(=O)N[C@@H](Cc1ccc(-c2ccccc2)cc1)C(=O)O. The van der Waals surface area contributed by atoms with Gasteiger partial charge in [-0.2, -0.15) is 0 Å². The molecule has 22 nitrogen and oxygen atoms in total. The molecule has 6 atom stereocenters. The van der Waals surface area contributed by atoms with Gasteiger partial charge in [-0.25, -0.2) is 4.79 Å². The first-order valence-electron chi connectivity index (χ1n) is 28.1. The number of guanidine groups is 3. The van der Waals surface area contributed by atoms with Gasteiger partial charge >= 0.3 is 5.97 Å². The highest BCUT2D eigenvalue weighted by atomic mass is 16.4. The van der Waals surface area contributed by atoms with E-state index in [1.807, 2.05) is 152 Å². The fourth-order valence-electron chi connectivity index (χ4n) is 9.36. The van der Waals surface area contributed by atoms with Crippen molar-refractivity contribution in [2.75, 3.05) is 19.6 Å². The summed E-state index contributed by atoms with van der Waals surface area (Å²) in [6.07, 6.45) is 0.643. The van der Waals surface area contributed by atoms with Gasteiger partial charge in [0.2, 0.25) is 29.5 Å². The quantitative estimate of drug-likeness (QED) is 0.0164. The average Bonchev–Trinajstić information content (AvgIpc) is 3.61. The second-order valence-corrected chi connectivity index (χ2v) is 20.5. The Labute approximate surface area is 494 Å². The first kappa shape index (κ1) is 64.1. The Morgan fingerprint density at radius 2 is 0.612 bits per heavy atom. The van der Waals surface area contributed by atoms with E-state index in [1.165, 1.54) is 0 Å². The lowest BCUT2D eigenvalue weighted by atomic mass is 9.98. The lowest BCUT2D eigenvalue weighted by molar-refractivity contribution is -0.142. The number of hydrogen-bond acceptors (Lipinski definition) is 10. The van der Waals surface area contributed by atoms with E-state index in [2.05, 4.69) is 42.5 Å². The summed E-state index contributed by atoms with van der Waals surface area (Å²) in [7, 11) is 0. The molecule has 0 aliphatic heterocycles. The van der Waals surface area contributed by atoms with Gasteiger partial charge in [0.1, 0.15) is 30.2 Å². The highest BCUT2D eigenvalue weighted by molar-refractivity contribution is 5.97. The number of carboxylic acid groups (broad SMARTS) is 1. The number of amides is 5. The molecule has 85 heavy (non-hydrogen) atoms. The lowest BCUT2D eigenvalue weighted by Crippen LogP contribution is -2.60. The summed E-state index contributed by atoms with van der Waals surface area (Å²) in [5.41, 5.74) is 30.1. The molecule has 0 fully saturated rings. The Hall–Kier alpha value is -10.1. The van der Waals surface area contributed by atoms with Crippen molar-refractivity contribution in [2.45, 2.75) is 94.0 Å². The predicted octanol–water partition coefficient (Wildman–Crippen LogP) is 3.34. The maximum Gasteiger partial charge on any atom is 0.326 e. The number of nitrogens with one attached hydrogen (secondary N) is 11. The van der Waals surface area contributed by atoms with Crippen molar-refractivity contribution >= 4 is 53.4 Å². The molecule has 20 N–H and O–H groups in total. The molecule has 0 aromatic heterocycles. The second-order valence-electron chi connectivity index (χ2n) is 20.5. The maximum absolute atomic E-state index is 15.1. The number of rotatable bonds is 32. The van der Waals surface area contributed by atoms with Crippen molar-refractivity contribution in [3.63, 3.8) is 0 Å². The second kappa shape index (κ2) is 33.1. The highest BCUT2D eigenvalue weighted by Gasteiger charge is 2.33. The summed E-state index contributed by atoms with van der Waals surface area (Å²) in [6, 6.07) is 43.2. The molecule has 6 aromatic carbocycles. The molecule has 0 unspecified atom stereocenters. The van der Waals surface area contributed by atoms with Crippen LogP contribution in [-0.4, -0.2) is 114 Å². The predicted molar refractivity (Wildman–Crippen MR) is 329 cm³/mol. The molecule has 0 bridgehead atoms. The third-order valence-corrected chi connectivity index (χ3v) is 14.0. The molecule has 0 saturated carbocycles. The van der Waals surface area contributed by atoms with Gasteiger partial charge in [0.25, 0.3) is 0 Å². The summed E-state index contributed by atoms with van der Waals surface area (Å²) in [5.74, 6) is -6.02. The zero-order valence-electron chi connectivity index (χ0n) is 47.2. The van der Waals surface area contributed by atoms with Crippen LogP contribution in [0, 0.1) is 16.2 Å². The van der Waals surface area contributed by atoms with Crippen molar-refractivity contribution < 1.29 is 33.9 Å². The molecule has 0 radical (unpaired) electrons. The zero-order chi connectivity index (χ0) is 61.1. The van der Waals surface area contributed by atoms with Gasteiger partial charge in [-0.05, 0) is 88.6 Å². The summed E-state index contributed by atoms with van der Waals surface area (Å²) >= 11 is 0. The van der Waals surface area contributed by atoms with Crippen molar-refractivity contribution in [3.8, 4) is 33.4 Å². The molecule has 6 aromatic rings. The minimum absolute atomic E-state index is 0.0163. The van der Waals surface area contributed by atoms with Gasteiger partial charge in [-0.15, -0.1) is 0 Å². The summed E-state index contributed by atoms with van der Waals surface area (Å²) in [4.78, 5) is 85.5. The molecular weight excluding hydrogens is 1080 g/mol. The molecule has 22 heteroatoms. The molecule has 6 rings (SSSR count). The number of carboxylic acids is 1. The molecule has 0 heterocycles. The van der Waals surface area contributed by atoms with E-state index in [0.717, 1.165) is 33.4 Å². The number of carbonyl (C=O) groups is 6. The lowest BCUT2D eigenvalue weighted by Gasteiger charge is -2.27. The van der Waals surface area contributed by atoms with Crippen molar-refractivity contribution in [3.05, 3.63) is 180 Å². The minimum atomic E-state index is -1.42. The first-order valence-corrected chi connectivity index (χ1v) is 28.1. The van der Waals surface area contributed by atoms with E-state index in [1.54, 1.807) is 12.1 Å². The Kier molecular flexibility index (Phi) is 25.0. The van der Waals surface area contributed by atoms with Gasteiger partial charge in [-0.1, -0.05) is 164 Å². The third-order valence-electron chi connectivity index (χ3n) is 14.0. The first-order chi connectivity index (χ1) is 40.9. The topological polar surface area (TPSA) is 395 Å². The number of nitrogens with two attached hydrogens (primary N) is 4. The van der Waals surface area contributed by atoms with Crippen LogP contribution in [0.5, 0.6) is 0 Å². The van der Waals surface area contributed by atoms with E-state index in [9.17, 15) is 29.1 Å². The summed E-state index contributed by atoms with van der Waals surface area (Å²) in [5, 5.41) is 55.0. The molecular formula is C63H77N15O7. The van der Waals surface area contributed by atoms with Crippen LogP contribution >= 0.6 is 0 Å². The largest absolute Gasteiger partial charge is 0.480 e. The minimum Gasteiger partial charge on any atom is -0.480 e. The Morgan fingerprint density at radius 3 is 0.929 bits per heavy atom. The van der Waals surface area contributed by atoms with Crippen LogP contribution in [-0.2, 0) is 48.0 Å². The third kappa shape index (κ3) is 21.6. The number of carbonyl (C=O) groups excluding carboxylic acids is 5. The van der Waals surface area contributed by atoms with Gasteiger partial charge in [0.15, 0.2) is 17.9 Å². The Balaban J connectivity index is 1.31. The summed E-state index contributed by atoms with van der Waals surface area (Å²) in [6.45, 7) is 0.563. The molecule has 0 spiro atoms. The number of aliphatic carboxylic acids is 1. The smallest absolute Gasteiger partial charge is 0.326 e. The summed E-state index contributed by atoms with van der Waals surface area (Å²) < 4.78 is 0. The molecule has 446 valence electrons. The van der Waals surface area contributed by atoms with Crippen LogP contribution < -0.4 is 65.5 Å². The van der Waals surface area contributed by atoms with E-state index in [-0.39, 0.29) is 88.9 Å². The van der Waals surface area contributed by atoms with Crippen LogP contribution in [0.15, 0.2) is 164 Å². The van der Waals surface area contributed by atoms with E-state index < -0.39 is 71.8 Å². The van der Waals surface area contributed by atoms with Crippen LogP contribution in [0.2, 0.25) is 0 Å². The molecule has 5 amide bonds. The number of hydrogen-bond donors (Lipinski definition) is 16. The van der Waals surface area contributed by atoms with Crippen molar-refractivity contribution in [1.82, 2.24) is 42.5 Å². The molecule has 0 saturated heterocycles. The van der Waals surface area contributed by atoms with E-state index in [0.29, 0.717) is 23.1 Å². The monoisotopic (exact) mass is 1160 g/mol. The van der Waals surface area contributed by atoms with Crippen LogP contribution in [0.3, 0.4) is 0 Å². The van der Waals surface area contributed by atoms with E-state index in [4.69, 9.17) is 39.2 Å². The van der Waals surface area contributed by atoms with Crippen molar-refractivity contribution in [2.24, 2.45) is 22.9 Å². The van der Waals surface area contributed by atoms with Gasteiger partial charge in [0, 0.05) is 38.9 Å². The van der Waals surface area contributed by atoms with Gasteiger partial charge in [-0.3, -0.25) is 40.2 Å². The normalized spacial score (nSPS) is 13.0. The zero-order valence-corrected chi connectivity index (χ0v) is 47.2. The van der Waals surface area contributed by atoms with Gasteiger partial charge < -0.3 is 70.6 Å². The van der Waals surface area contributed by atoms with Crippen LogP contribution in [0.25, 0.3) is 33.4 Å². The number of benzene rings is 6. The Morgan fingerprint density at radius 1 is 0.353 bits per heavy atom. The fraction of sp³-hybridized carbons (Fsp3) is 0.286. The van der Waals surface area contributed by atoms with Crippen LogP contribution in [0.4, 0.5) is 0 Å². The average molecular weight is 1160 g/mol. The van der Waals surface area contributed by atoms with E-state index >= 15 is 4.79 Å². The Bertz CT molecular complexity index is 3170. The standard InChI is InChI=1S/C63H77N15O7/c64-49(19-10-34-71-61(65)66)55(79)74-50(20-11-35-72-62(67)68)56(80)75-51(21-12-36-73-63(69)70)57(81)76-52(37-40-22-28-46(29-23-40)43-13-4-1-5-14-43)58(82)77-53(38-41-24-30-47(31-25-41)44-15-6-2-7-16-44)59(83)78-54(60(84)85)39-42-26-32-48(33-27-42)45-17-8-3-9-18-45/h1-9,13-18,22-33,49-54H,10-12,19-21,34-39,64H2,(H,74,79)(H,75,80)(H,76,81)(H,77,82)(H,78,83)(H,84,85)(H4,65,66,71)(H4,67,68,72)(H4,69,70,73)/t49-,50-,51-,52-,53-,54-/m0/s1. The van der Waals surface area contributed by atoms with Gasteiger partial charge in [0.05, 0.1) is 6.04 Å². The van der Waals surface area contributed by atoms with Crippen LogP contribution in [0.1, 0.15) is 55.2 Å². The fourth-order valence-corrected chi connectivity index (χ4v) is 9.36.